The Hall–Kier alpha value is -2.08. The Morgan fingerprint density at radius 2 is 1.86 bits per heavy atom. The van der Waals surface area contributed by atoms with Gasteiger partial charge in [-0.1, -0.05) is 23.7 Å². The number of benzene rings is 1. The van der Waals surface area contributed by atoms with Crippen LogP contribution < -0.4 is 15.5 Å². The molecule has 0 aliphatic heterocycles. The van der Waals surface area contributed by atoms with Crippen LogP contribution in [0.5, 0.6) is 0 Å². The van der Waals surface area contributed by atoms with Crippen LogP contribution in [0.1, 0.15) is 18.5 Å². The van der Waals surface area contributed by atoms with Crippen LogP contribution in [-0.2, 0) is 0 Å². The minimum Gasteiger partial charge on any atom is -0.357 e. The summed E-state index contributed by atoms with van der Waals surface area (Å²) in [7, 11) is 5.55. The molecule has 1 aromatic carbocycles. The lowest BCUT2D eigenvalue weighted by Crippen LogP contribution is -2.17. The molecule has 21 heavy (non-hydrogen) atoms. The van der Waals surface area contributed by atoms with Crippen LogP contribution in [0.25, 0.3) is 0 Å². The number of hydrogen-bond donors (Lipinski definition) is 2. The van der Waals surface area contributed by atoms with E-state index in [-0.39, 0.29) is 6.04 Å². The molecule has 6 nitrogen and oxygen atoms in total. The fourth-order valence-corrected chi connectivity index (χ4v) is 1.99. The monoisotopic (exact) mass is 306 g/mol. The number of halogens is 1. The van der Waals surface area contributed by atoms with Crippen molar-refractivity contribution in [3.8, 4) is 0 Å². The molecule has 0 spiro atoms. The zero-order chi connectivity index (χ0) is 15.4. The Morgan fingerprint density at radius 3 is 2.48 bits per heavy atom. The number of hydrogen-bond acceptors (Lipinski definition) is 6. The highest BCUT2D eigenvalue weighted by Gasteiger charge is 2.11. The third-order valence-corrected chi connectivity index (χ3v) is 3.18. The van der Waals surface area contributed by atoms with E-state index < -0.39 is 0 Å². The van der Waals surface area contributed by atoms with Gasteiger partial charge in [0.2, 0.25) is 17.8 Å². The summed E-state index contributed by atoms with van der Waals surface area (Å²) in [6.07, 6.45) is 0. The molecule has 2 N–H and O–H groups in total. The Labute approximate surface area is 129 Å². The quantitative estimate of drug-likeness (QED) is 0.885. The first-order chi connectivity index (χ1) is 9.99. The first kappa shape index (κ1) is 15.3. The smallest absolute Gasteiger partial charge is 0.231 e. The summed E-state index contributed by atoms with van der Waals surface area (Å²) in [5.41, 5.74) is 1.07. The standard InChI is InChI=1S/C14H19ClN6/c1-9(10-6-5-7-11(15)8-10)17-13-18-12(16-2)19-14(20-13)21(3)4/h5-9H,1-4H3,(H2,16,17,18,19,20). The van der Waals surface area contributed by atoms with Gasteiger partial charge < -0.3 is 15.5 Å². The van der Waals surface area contributed by atoms with Crippen molar-refractivity contribution in [3.05, 3.63) is 34.9 Å². The van der Waals surface area contributed by atoms with Crippen LogP contribution in [-0.4, -0.2) is 36.1 Å². The maximum atomic E-state index is 6.02. The number of rotatable bonds is 5. The summed E-state index contributed by atoms with van der Waals surface area (Å²) in [5, 5.41) is 6.91. The molecule has 0 saturated carbocycles. The van der Waals surface area contributed by atoms with Gasteiger partial charge in [0, 0.05) is 26.2 Å². The van der Waals surface area contributed by atoms with Crippen molar-refractivity contribution >= 4 is 29.4 Å². The van der Waals surface area contributed by atoms with Gasteiger partial charge in [-0.15, -0.1) is 0 Å². The van der Waals surface area contributed by atoms with E-state index in [1.54, 1.807) is 7.05 Å². The van der Waals surface area contributed by atoms with Gasteiger partial charge in [0.1, 0.15) is 0 Å². The van der Waals surface area contributed by atoms with E-state index in [0.29, 0.717) is 22.9 Å². The third kappa shape index (κ3) is 3.95. The van der Waals surface area contributed by atoms with E-state index in [1.807, 2.05) is 50.2 Å². The fourth-order valence-electron chi connectivity index (χ4n) is 1.79. The Morgan fingerprint density at radius 1 is 1.14 bits per heavy atom. The third-order valence-electron chi connectivity index (χ3n) is 2.94. The number of nitrogens with zero attached hydrogens (tertiary/aromatic N) is 4. The molecular weight excluding hydrogens is 288 g/mol. The molecule has 112 valence electrons. The summed E-state index contributed by atoms with van der Waals surface area (Å²) >= 11 is 6.02. The normalized spacial score (nSPS) is 11.9. The van der Waals surface area contributed by atoms with E-state index in [4.69, 9.17) is 11.6 Å². The van der Waals surface area contributed by atoms with Gasteiger partial charge in [-0.2, -0.15) is 15.0 Å². The predicted molar refractivity (Wildman–Crippen MR) is 87.2 cm³/mol. The molecular formula is C14H19ClN6. The average Bonchev–Trinajstić information content (AvgIpc) is 2.46. The van der Waals surface area contributed by atoms with Gasteiger partial charge in [0.25, 0.3) is 0 Å². The molecule has 0 aliphatic rings. The Balaban J connectivity index is 2.24. The van der Waals surface area contributed by atoms with Crippen LogP contribution in [0.2, 0.25) is 5.02 Å². The second kappa shape index (κ2) is 6.58. The first-order valence-electron chi connectivity index (χ1n) is 6.62. The zero-order valence-corrected chi connectivity index (χ0v) is 13.3. The highest BCUT2D eigenvalue weighted by molar-refractivity contribution is 6.30. The van der Waals surface area contributed by atoms with Crippen molar-refractivity contribution in [2.45, 2.75) is 13.0 Å². The van der Waals surface area contributed by atoms with Gasteiger partial charge >= 0.3 is 0 Å². The first-order valence-corrected chi connectivity index (χ1v) is 7.00. The minimum atomic E-state index is 0.0332. The van der Waals surface area contributed by atoms with Crippen LogP contribution in [0.4, 0.5) is 17.8 Å². The molecule has 0 amide bonds. The lowest BCUT2D eigenvalue weighted by Gasteiger charge is -2.17. The van der Waals surface area contributed by atoms with Crippen molar-refractivity contribution < 1.29 is 0 Å². The van der Waals surface area contributed by atoms with Crippen LogP contribution >= 0.6 is 11.6 Å². The molecule has 1 atom stereocenters. The molecule has 0 aliphatic carbocycles. The molecule has 0 saturated heterocycles. The van der Waals surface area contributed by atoms with E-state index >= 15 is 0 Å². The van der Waals surface area contributed by atoms with Crippen molar-refractivity contribution in [3.63, 3.8) is 0 Å². The highest BCUT2D eigenvalue weighted by Crippen LogP contribution is 2.21. The molecule has 1 unspecified atom stereocenters. The molecule has 2 aromatic rings. The highest BCUT2D eigenvalue weighted by atomic mass is 35.5. The Bertz CT molecular complexity index is 616. The summed E-state index contributed by atoms with van der Waals surface area (Å²) in [5.74, 6) is 1.63. The zero-order valence-electron chi connectivity index (χ0n) is 12.6. The predicted octanol–water partition coefficient (Wildman–Crippen LogP) is 2.81. The summed E-state index contributed by atoms with van der Waals surface area (Å²) in [6, 6.07) is 7.74. The molecule has 0 bridgehead atoms. The number of anilines is 3. The molecule has 2 rings (SSSR count). The van der Waals surface area contributed by atoms with Crippen LogP contribution in [0, 0.1) is 0 Å². The number of nitrogens with one attached hydrogen (secondary N) is 2. The largest absolute Gasteiger partial charge is 0.357 e. The molecule has 7 heteroatoms. The molecule has 0 fully saturated rings. The van der Waals surface area contributed by atoms with E-state index in [2.05, 4.69) is 25.6 Å². The van der Waals surface area contributed by atoms with E-state index in [1.165, 1.54) is 0 Å². The lowest BCUT2D eigenvalue weighted by atomic mass is 10.1. The summed E-state index contributed by atoms with van der Waals surface area (Å²) in [4.78, 5) is 14.8. The van der Waals surface area contributed by atoms with Crippen LogP contribution in [0.15, 0.2) is 24.3 Å². The van der Waals surface area contributed by atoms with Crippen molar-refractivity contribution in [2.24, 2.45) is 0 Å². The molecule has 1 heterocycles. The summed E-state index contributed by atoms with van der Waals surface area (Å²) in [6.45, 7) is 2.03. The Kier molecular flexibility index (Phi) is 4.80. The minimum absolute atomic E-state index is 0.0332. The molecule has 0 radical (unpaired) electrons. The fraction of sp³-hybridized carbons (Fsp3) is 0.357. The topological polar surface area (TPSA) is 66.0 Å². The van der Waals surface area contributed by atoms with E-state index in [0.717, 1.165) is 5.56 Å². The van der Waals surface area contributed by atoms with Gasteiger partial charge in [-0.05, 0) is 24.6 Å². The van der Waals surface area contributed by atoms with Crippen molar-refractivity contribution in [2.75, 3.05) is 36.7 Å². The SMILES string of the molecule is CNc1nc(NC(C)c2cccc(Cl)c2)nc(N(C)C)n1. The number of aromatic nitrogens is 3. The molecule has 1 aromatic heterocycles. The van der Waals surface area contributed by atoms with Gasteiger partial charge in [-0.25, -0.2) is 0 Å². The van der Waals surface area contributed by atoms with Gasteiger partial charge in [0.15, 0.2) is 0 Å². The summed E-state index contributed by atoms with van der Waals surface area (Å²) < 4.78 is 0. The maximum absolute atomic E-state index is 6.02. The second-order valence-corrected chi connectivity index (χ2v) is 5.28. The van der Waals surface area contributed by atoms with Gasteiger partial charge in [0.05, 0.1) is 6.04 Å². The van der Waals surface area contributed by atoms with Crippen molar-refractivity contribution in [1.29, 1.82) is 0 Å². The van der Waals surface area contributed by atoms with Crippen LogP contribution in [0.3, 0.4) is 0 Å². The average molecular weight is 307 g/mol. The van der Waals surface area contributed by atoms with Gasteiger partial charge in [-0.3, -0.25) is 0 Å². The lowest BCUT2D eigenvalue weighted by molar-refractivity contribution is 0.848. The van der Waals surface area contributed by atoms with Crippen molar-refractivity contribution in [1.82, 2.24) is 15.0 Å². The van der Waals surface area contributed by atoms with E-state index in [9.17, 15) is 0 Å². The maximum Gasteiger partial charge on any atom is 0.231 e. The second-order valence-electron chi connectivity index (χ2n) is 4.85.